The number of hydrogen-bond donors (Lipinski definition) is 1. The lowest BCUT2D eigenvalue weighted by Gasteiger charge is -2.05. The van der Waals surface area contributed by atoms with E-state index in [4.69, 9.17) is 4.74 Å². The molecular formula is C9H12BrNO4S2. The average molecular weight is 342 g/mol. The number of carbonyl (C=O) groups is 1. The van der Waals surface area contributed by atoms with Crippen molar-refractivity contribution in [2.45, 2.75) is 13.8 Å². The van der Waals surface area contributed by atoms with Crippen LogP contribution in [0.25, 0.3) is 0 Å². The molecule has 96 valence electrons. The molecule has 17 heavy (non-hydrogen) atoms. The second-order valence-corrected chi connectivity index (χ2v) is 7.43. The maximum absolute atomic E-state index is 11.6. The number of thiophene rings is 1. The summed E-state index contributed by atoms with van der Waals surface area (Å²) in [7, 11) is -3.46. The van der Waals surface area contributed by atoms with E-state index in [1.165, 1.54) is 11.3 Å². The molecule has 0 spiro atoms. The van der Waals surface area contributed by atoms with Crippen molar-refractivity contribution in [2.24, 2.45) is 0 Å². The molecule has 0 radical (unpaired) electrons. The molecule has 1 N–H and O–H groups in total. The molecule has 0 saturated carbocycles. The van der Waals surface area contributed by atoms with Gasteiger partial charge in [0.1, 0.15) is 9.66 Å². The normalized spacial score (nSPS) is 11.2. The van der Waals surface area contributed by atoms with Crippen molar-refractivity contribution >= 4 is 48.3 Å². The molecule has 0 unspecified atom stereocenters. The largest absolute Gasteiger partial charge is 0.462 e. The highest BCUT2D eigenvalue weighted by atomic mass is 79.9. The second kappa shape index (κ2) is 5.83. The van der Waals surface area contributed by atoms with Crippen LogP contribution in [0.3, 0.4) is 0 Å². The number of nitrogens with one attached hydrogen (secondary N) is 1. The number of rotatable bonds is 5. The van der Waals surface area contributed by atoms with Crippen LogP contribution in [-0.2, 0) is 14.8 Å². The maximum Gasteiger partial charge on any atom is 0.341 e. The first kappa shape index (κ1) is 14.5. The van der Waals surface area contributed by atoms with E-state index in [0.717, 1.165) is 4.88 Å². The van der Waals surface area contributed by atoms with E-state index in [-0.39, 0.29) is 16.8 Å². The van der Waals surface area contributed by atoms with Crippen molar-refractivity contribution in [3.05, 3.63) is 16.5 Å². The molecule has 0 fully saturated rings. The van der Waals surface area contributed by atoms with Crippen LogP contribution in [0.5, 0.6) is 0 Å². The van der Waals surface area contributed by atoms with Gasteiger partial charge in [-0.2, -0.15) is 0 Å². The van der Waals surface area contributed by atoms with E-state index in [1.54, 1.807) is 19.9 Å². The van der Waals surface area contributed by atoms with E-state index in [9.17, 15) is 13.2 Å². The Morgan fingerprint density at radius 2 is 2.24 bits per heavy atom. The van der Waals surface area contributed by atoms with Crippen LogP contribution >= 0.6 is 27.3 Å². The molecule has 0 aromatic carbocycles. The number of carbonyl (C=O) groups excluding carboxylic acids is 1. The van der Waals surface area contributed by atoms with Crippen molar-refractivity contribution in [3.8, 4) is 0 Å². The van der Waals surface area contributed by atoms with E-state index >= 15 is 0 Å². The zero-order valence-electron chi connectivity index (χ0n) is 9.32. The maximum atomic E-state index is 11.6. The summed E-state index contributed by atoms with van der Waals surface area (Å²) in [5.41, 5.74) is 0.249. The molecule has 5 nitrogen and oxygen atoms in total. The van der Waals surface area contributed by atoms with Gasteiger partial charge in [0.25, 0.3) is 0 Å². The Hall–Kier alpha value is -0.600. The first-order valence-corrected chi connectivity index (χ1v) is 8.32. The average Bonchev–Trinajstić information content (AvgIpc) is 2.59. The molecule has 0 amide bonds. The molecule has 0 bridgehead atoms. The van der Waals surface area contributed by atoms with Crippen LogP contribution in [-0.4, -0.2) is 25.7 Å². The molecule has 0 saturated heterocycles. The van der Waals surface area contributed by atoms with Crippen LogP contribution in [0.15, 0.2) is 6.07 Å². The van der Waals surface area contributed by atoms with Gasteiger partial charge in [0.2, 0.25) is 10.0 Å². The van der Waals surface area contributed by atoms with Crippen molar-refractivity contribution in [3.63, 3.8) is 0 Å². The summed E-state index contributed by atoms with van der Waals surface area (Å²) in [6, 6.07) is 1.61. The molecular weight excluding hydrogens is 330 g/mol. The van der Waals surface area contributed by atoms with Crippen LogP contribution in [0, 0.1) is 6.92 Å². The first-order chi connectivity index (χ1) is 7.89. The smallest absolute Gasteiger partial charge is 0.341 e. The third-order valence-electron chi connectivity index (χ3n) is 1.74. The van der Waals surface area contributed by atoms with Gasteiger partial charge in [0.15, 0.2) is 0 Å². The number of hydrogen-bond acceptors (Lipinski definition) is 5. The lowest BCUT2D eigenvalue weighted by Crippen LogP contribution is -2.15. The molecule has 1 rings (SSSR count). The Morgan fingerprint density at radius 3 is 2.76 bits per heavy atom. The van der Waals surface area contributed by atoms with Crippen LogP contribution in [0.4, 0.5) is 5.00 Å². The highest BCUT2D eigenvalue weighted by Gasteiger charge is 2.19. The van der Waals surface area contributed by atoms with E-state index in [0.29, 0.717) is 5.00 Å². The van der Waals surface area contributed by atoms with Crippen molar-refractivity contribution < 1.29 is 17.9 Å². The van der Waals surface area contributed by atoms with Gasteiger partial charge in [-0.3, -0.25) is 4.72 Å². The zero-order chi connectivity index (χ0) is 13.1. The monoisotopic (exact) mass is 341 g/mol. The lowest BCUT2D eigenvalue weighted by molar-refractivity contribution is 0.0528. The number of anilines is 1. The Balaban J connectivity index is 3.04. The van der Waals surface area contributed by atoms with Crippen LogP contribution in [0.1, 0.15) is 22.2 Å². The molecule has 1 aromatic rings. The summed E-state index contributed by atoms with van der Waals surface area (Å²) in [5.74, 6) is -0.524. The lowest BCUT2D eigenvalue weighted by atomic mass is 10.3. The Bertz CT molecular complexity index is 509. The number of sulfonamides is 1. The van der Waals surface area contributed by atoms with Gasteiger partial charge >= 0.3 is 5.97 Å². The van der Waals surface area contributed by atoms with Gasteiger partial charge in [-0.05, 0) is 19.9 Å². The third-order valence-corrected chi connectivity index (χ3v) is 5.45. The summed E-state index contributed by atoms with van der Waals surface area (Å²) < 4.78 is 29.8. The highest BCUT2D eigenvalue weighted by Crippen LogP contribution is 2.29. The van der Waals surface area contributed by atoms with E-state index in [1.807, 2.05) is 0 Å². The van der Waals surface area contributed by atoms with Gasteiger partial charge < -0.3 is 4.74 Å². The number of halogens is 1. The molecule has 0 atom stereocenters. The first-order valence-electron chi connectivity index (χ1n) is 4.73. The Morgan fingerprint density at radius 1 is 1.59 bits per heavy atom. The van der Waals surface area contributed by atoms with Gasteiger partial charge in [-0.1, -0.05) is 15.9 Å². The summed E-state index contributed by atoms with van der Waals surface area (Å²) >= 11 is 4.06. The SMILES string of the molecule is CCOC(=O)c1cc(C)sc1NS(=O)(=O)CBr. The Kier molecular flexibility index (Phi) is 4.96. The molecule has 0 aliphatic heterocycles. The van der Waals surface area contributed by atoms with E-state index < -0.39 is 16.0 Å². The van der Waals surface area contributed by atoms with E-state index in [2.05, 4.69) is 20.7 Å². The number of alkyl halides is 1. The van der Waals surface area contributed by atoms with Gasteiger partial charge in [0, 0.05) is 4.88 Å². The highest BCUT2D eigenvalue weighted by molar-refractivity contribution is 9.10. The third kappa shape index (κ3) is 3.97. The summed E-state index contributed by atoms with van der Waals surface area (Å²) in [6.45, 7) is 3.73. The number of esters is 1. The number of ether oxygens (including phenoxy) is 1. The standard InChI is InChI=1S/C9H12BrNO4S2/c1-3-15-9(12)7-4-6(2)16-8(7)11-17(13,14)5-10/h4,11H,3,5H2,1-2H3. The minimum atomic E-state index is -3.46. The van der Waals surface area contributed by atoms with Gasteiger partial charge in [0.05, 0.1) is 12.2 Å². The number of aryl methyl sites for hydroxylation is 1. The van der Waals surface area contributed by atoms with Crippen LogP contribution < -0.4 is 4.72 Å². The fourth-order valence-corrected chi connectivity index (χ4v) is 3.21. The minimum Gasteiger partial charge on any atom is -0.462 e. The topological polar surface area (TPSA) is 72.5 Å². The van der Waals surface area contributed by atoms with Crippen LogP contribution in [0.2, 0.25) is 0 Å². The molecule has 1 aromatic heterocycles. The summed E-state index contributed by atoms with van der Waals surface area (Å²) in [4.78, 5) is 12.4. The molecule has 1 heterocycles. The fraction of sp³-hybridized carbons (Fsp3) is 0.444. The predicted octanol–water partition coefficient (Wildman–Crippen LogP) is 2.33. The summed E-state index contributed by atoms with van der Waals surface area (Å²) in [5, 5.41) is 0.292. The molecule has 0 aliphatic carbocycles. The molecule has 8 heteroatoms. The Labute approximate surface area is 112 Å². The zero-order valence-corrected chi connectivity index (χ0v) is 12.5. The van der Waals surface area contributed by atoms with Gasteiger partial charge in [-0.15, -0.1) is 11.3 Å². The van der Waals surface area contributed by atoms with Crippen molar-refractivity contribution in [1.82, 2.24) is 0 Å². The fourth-order valence-electron chi connectivity index (χ4n) is 1.12. The second-order valence-electron chi connectivity index (χ2n) is 3.15. The van der Waals surface area contributed by atoms with Gasteiger partial charge in [-0.25, -0.2) is 13.2 Å². The summed E-state index contributed by atoms with van der Waals surface area (Å²) in [6.07, 6.45) is 0. The van der Waals surface area contributed by atoms with Crippen molar-refractivity contribution in [1.29, 1.82) is 0 Å². The van der Waals surface area contributed by atoms with Crippen molar-refractivity contribution in [2.75, 3.05) is 16.0 Å². The predicted molar refractivity (Wildman–Crippen MR) is 71.3 cm³/mol. The minimum absolute atomic E-state index is 0.223. The quantitative estimate of drug-likeness (QED) is 0.658. The molecule has 0 aliphatic rings.